The maximum atomic E-state index is 6.50. The molecule has 0 aliphatic carbocycles. The number of nitrogens with one attached hydrogen (secondary N) is 1. The highest BCUT2D eigenvalue weighted by atomic mass is 16.5. The smallest absolute Gasteiger partial charge is 0.183 e. The fourth-order valence-corrected chi connectivity index (χ4v) is 6.27. The van der Waals surface area contributed by atoms with Crippen LogP contribution in [0.25, 0.3) is 22.4 Å². The van der Waals surface area contributed by atoms with Gasteiger partial charge in [0, 0.05) is 49.4 Å². The third-order valence-electron chi connectivity index (χ3n) is 8.71. The lowest BCUT2D eigenvalue weighted by Crippen LogP contribution is -2.50. The van der Waals surface area contributed by atoms with Gasteiger partial charge in [0.15, 0.2) is 17.0 Å². The van der Waals surface area contributed by atoms with Crippen molar-refractivity contribution in [2.24, 2.45) is 11.1 Å². The van der Waals surface area contributed by atoms with Gasteiger partial charge in [0.05, 0.1) is 42.2 Å². The van der Waals surface area contributed by atoms with Crippen LogP contribution in [-0.4, -0.2) is 73.3 Å². The lowest BCUT2D eigenvalue weighted by atomic mass is 9.73. The zero-order valence-corrected chi connectivity index (χ0v) is 22.0. The van der Waals surface area contributed by atoms with Gasteiger partial charge in [-0.2, -0.15) is 10.2 Å². The van der Waals surface area contributed by atoms with Gasteiger partial charge in [-0.3, -0.25) is 14.8 Å². The minimum absolute atomic E-state index is 0.0840. The lowest BCUT2D eigenvalue weighted by Gasteiger charge is -2.41. The van der Waals surface area contributed by atoms with Crippen molar-refractivity contribution in [3.8, 4) is 11.3 Å². The number of hydrogen-bond acceptors (Lipinski definition) is 9. The summed E-state index contributed by atoms with van der Waals surface area (Å²) in [4.78, 5) is 19.3. The molecule has 3 N–H and O–H groups in total. The van der Waals surface area contributed by atoms with Crippen LogP contribution in [0, 0.1) is 5.41 Å². The maximum Gasteiger partial charge on any atom is 0.183 e. The van der Waals surface area contributed by atoms with Gasteiger partial charge in [0.1, 0.15) is 5.82 Å². The molecule has 0 unspecified atom stereocenters. The topological polar surface area (TPSA) is 127 Å². The van der Waals surface area contributed by atoms with Crippen LogP contribution in [0.3, 0.4) is 0 Å². The van der Waals surface area contributed by atoms with E-state index in [2.05, 4.69) is 51.1 Å². The van der Waals surface area contributed by atoms with Crippen molar-refractivity contribution in [2.75, 3.05) is 36.0 Å². The van der Waals surface area contributed by atoms with Crippen LogP contribution in [-0.2, 0) is 17.7 Å². The molecule has 7 rings (SSSR count). The average molecular weight is 515 g/mol. The number of aromatic nitrogens is 7. The normalized spacial score (nSPS) is 22.9. The van der Waals surface area contributed by atoms with Crippen molar-refractivity contribution in [3.63, 3.8) is 0 Å². The van der Waals surface area contributed by atoms with Crippen LogP contribution in [0.2, 0.25) is 0 Å². The van der Waals surface area contributed by atoms with Gasteiger partial charge in [0.25, 0.3) is 0 Å². The lowest BCUT2D eigenvalue weighted by molar-refractivity contribution is 0.0974. The first-order valence-corrected chi connectivity index (χ1v) is 13.7. The number of hydrogen-bond donors (Lipinski definition) is 2. The van der Waals surface area contributed by atoms with Crippen LogP contribution >= 0.6 is 0 Å². The van der Waals surface area contributed by atoms with E-state index in [0.29, 0.717) is 5.65 Å². The van der Waals surface area contributed by atoms with Gasteiger partial charge >= 0.3 is 0 Å². The molecule has 198 valence electrons. The highest BCUT2D eigenvalue weighted by molar-refractivity contribution is 5.87. The molecule has 2 fully saturated rings. The molecule has 0 amide bonds. The molecule has 2 saturated heterocycles. The summed E-state index contributed by atoms with van der Waals surface area (Å²) in [7, 11) is 0. The largest absolute Gasteiger partial charge is 0.376 e. The number of anilines is 3. The molecule has 4 aromatic heterocycles. The Morgan fingerprint density at radius 2 is 2.03 bits per heavy atom. The van der Waals surface area contributed by atoms with E-state index in [4.69, 9.17) is 25.4 Å². The van der Waals surface area contributed by atoms with Crippen LogP contribution in [0.15, 0.2) is 30.7 Å². The number of rotatable bonds is 4. The number of aryl methyl sites for hydroxylation is 2. The van der Waals surface area contributed by atoms with Gasteiger partial charge in [0.2, 0.25) is 0 Å². The number of nitrogens with two attached hydrogens (primary N) is 1. The van der Waals surface area contributed by atoms with E-state index in [1.54, 1.807) is 0 Å². The highest BCUT2D eigenvalue weighted by Crippen LogP contribution is 2.42. The van der Waals surface area contributed by atoms with Crippen molar-refractivity contribution >= 4 is 28.5 Å². The number of pyridine rings is 1. The van der Waals surface area contributed by atoms with E-state index < -0.39 is 0 Å². The molecule has 11 nitrogen and oxygen atoms in total. The molecular formula is C27H34N10O. The second-order valence-electron chi connectivity index (χ2n) is 10.9. The van der Waals surface area contributed by atoms with Gasteiger partial charge < -0.3 is 20.3 Å². The Balaban J connectivity index is 1.13. The first-order valence-electron chi connectivity index (χ1n) is 13.7. The summed E-state index contributed by atoms with van der Waals surface area (Å²) in [6, 6.07) is 4.31. The molecule has 7 heterocycles. The van der Waals surface area contributed by atoms with E-state index >= 15 is 0 Å². The van der Waals surface area contributed by atoms with E-state index in [-0.39, 0.29) is 17.6 Å². The Hall–Kier alpha value is -3.57. The number of nitrogens with zero attached hydrogens (tertiary/aromatic N) is 8. The number of piperidine rings is 1. The summed E-state index contributed by atoms with van der Waals surface area (Å²) in [5, 5.41) is 12.2. The van der Waals surface area contributed by atoms with Gasteiger partial charge in [-0.05, 0) is 51.7 Å². The van der Waals surface area contributed by atoms with E-state index in [9.17, 15) is 0 Å². The van der Waals surface area contributed by atoms with Crippen LogP contribution in [0.1, 0.15) is 38.8 Å². The minimum atomic E-state index is 0.0840. The van der Waals surface area contributed by atoms with Gasteiger partial charge in [-0.25, -0.2) is 9.97 Å². The standard InChI is InChI=1S/C27H34N10O/c1-3-36-15-18(13-30-36)19-6-7-21-20(31-19)5-4-10-37(21)26-23-25(33-34-26)32-22(14-29-23)35-11-8-27(9-12-35)16-38-17(2)24(27)28/h6-7,13-15,17,24H,3-5,8-12,16,28H2,1-2H3,(H,32,33,34)/t17-,24+/m0/s1. The Kier molecular flexibility index (Phi) is 5.59. The Bertz CT molecular complexity index is 1470. The van der Waals surface area contributed by atoms with Crippen molar-refractivity contribution < 1.29 is 4.74 Å². The molecule has 2 atom stereocenters. The summed E-state index contributed by atoms with van der Waals surface area (Å²) in [6.07, 6.45) is 9.87. The first kappa shape index (κ1) is 23.5. The fourth-order valence-electron chi connectivity index (χ4n) is 6.27. The third-order valence-corrected chi connectivity index (χ3v) is 8.71. The van der Waals surface area contributed by atoms with Crippen LogP contribution in [0.5, 0.6) is 0 Å². The molecule has 0 bridgehead atoms. The summed E-state index contributed by atoms with van der Waals surface area (Å²) >= 11 is 0. The molecule has 38 heavy (non-hydrogen) atoms. The number of H-pyrrole nitrogens is 1. The summed E-state index contributed by atoms with van der Waals surface area (Å²) in [5.41, 5.74) is 12.2. The van der Waals surface area contributed by atoms with Gasteiger partial charge in [-0.1, -0.05) is 0 Å². The van der Waals surface area contributed by atoms with Crippen LogP contribution < -0.4 is 15.5 Å². The molecule has 3 aliphatic heterocycles. The molecule has 1 spiro atoms. The van der Waals surface area contributed by atoms with E-state index in [0.717, 1.165) is 98.3 Å². The maximum absolute atomic E-state index is 6.50. The van der Waals surface area contributed by atoms with Crippen molar-refractivity contribution in [2.45, 2.75) is 58.2 Å². The van der Waals surface area contributed by atoms with Crippen molar-refractivity contribution in [3.05, 3.63) is 36.4 Å². The molecule has 0 radical (unpaired) electrons. The fraction of sp³-hybridized carbons (Fsp3) is 0.519. The van der Waals surface area contributed by atoms with Crippen LogP contribution in [0.4, 0.5) is 17.3 Å². The number of ether oxygens (including phenoxy) is 1. The zero-order chi connectivity index (χ0) is 25.9. The average Bonchev–Trinajstić information content (AvgIpc) is 3.68. The molecule has 3 aliphatic rings. The third kappa shape index (κ3) is 3.75. The Morgan fingerprint density at radius 3 is 2.79 bits per heavy atom. The predicted octanol–water partition coefficient (Wildman–Crippen LogP) is 3.05. The monoisotopic (exact) mass is 514 g/mol. The second-order valence-corrected chi connectivity index (χ2v) is 10.9. The molecule has 0 saturated carbocycles. The highest BCUT2D eigenvalue weighted by Gasteiger charge is 2.47. The second kappa shape index (κ2) is 9.02. The Labute approximate surface area is 221 Å². The van der Waals surface area contributed by atoms with Crippen molar-refractivity contribution in [1.82, 2.24) is 34.9 Å². The Morgan fingerprint density at radius 1 is 1.16 bits per heavy atom. The predicted molar refractivity (Wildman–Crippen MR) is 145 cm³/mol. The van der Waals surface area contributed by atoms with Crippen molar-refractivity contribution in [1.29, 1.82) is 0 Å². The molecular weight excluding hydrogens is 480 g/mol. The summed E-state index contributed by atoms with van der Waals surface area (Å²) in [6.45, 7) is 8.42. The zero-order valence-electron chi connectivity index (χ0n) is 22.0. The van der Waals surface area contributed by atoms with E-state index in [1.807, 2.05) is 23.3 Å². The number of fused-ring (bicyclic) bond motifs is 2. The first-order chi connectivity index (χ1) is 18.5. The SMILES string of the molecule is CCn1cc(-c2ccc3c(n2)CCCN3c2n[nH]c3nc(N4CCC5(CC4)CO[C@@H](C)[C@H]5N)cnc23)cn1. The number of aromatic amines is 1. The molecule has 11 heteroatoms. The summed E-state index contributed by atoms with van der Waals surface area (Å²) in [5.74, 6) is 1.68. The van der Waals surface area contributed by atoms with Gasteiger partial charge in [-0.15, -0.1) is 0 Å². The van der Waals surface area contributed by atoms with E-state index in [1.165, 1.54) is 0 Å². The quantitative estimate of drug-likeness (QED) is 0.422. The summed E-state index contributed by atoms with van der Waals surface area (Å²) < 4.78 is 7.80. The molecule has 0 aromatic carbocycles. The minimum Gasteiger partial charge on any atom is -0.376 e. The molecule has 4 aromatic rings.